The molecule has 4 saturated carbocycles. The second kappa shape index (κ2) is 7.09. The van der Waals surface area contributed by atoms with E-state index in [0.29, 0.717) is 17.4 Å². The summed E-state index contributed by atoms with van der Waals surface area (Å²) >= 11 is 0. The van der Waals surface area contributed by atoms with Gasteiger partial charge in [0.15, 0.2) is 0 Å². The van der Waals surface area contributed by atoms with Crippen LogP contribution in [0.5, 0.6) is 0 Å². The molecule has 26 heavy (non-hydrogen) atoms. The summed E-state index contributed by atoms with van der Waals surface area (Å²) in [6.45, 7) is 4.61. The third kappa shape index (κ3) is 3.01. The van der Waals surface area contributed by atoms with Crippen LogP contribution in [0.2, 0.25) is 0 Å². The largest absolute Gasteiger partial charge is 0.393 e. The van der Waals surface area contributed by atoms with E-state index in [0.717, 1.165) is 42.4 Å². The summed E-state index contributed by atoms with van der Waals surface area (Å²) in [6, 6.07) is 0.351. The highest BCUT2D eigenvalue weighted by Crippen LogP contribution is 2.64. The quantitative estimate of drug-likeness (QED) is 0.722. The SMILES string of the molecule is C[C@H](O)[C@H]1CCC2C3CC[C@H]4C[C@H](NC(=O)CN)CC[C@@H]4C3CC[C@@]21C. The molecule has 1 amide bonds. The number of hydrogen-bond acceptors (Lipinski definition) is 3. The summed E-state index contributed by atoms with van der Waals surface area (Å²) in [4.78, 5) is 11.7. The Morgan fingerprint density at radius 2 is 1.88 bits per heavy atom. The van der Waals surface area contributed by atoms with Crippen LogP contribution in [-0.4, -0.2) is 29.7 Å². The molecule has 0 bridgehead atoms. The van der Waals surface area contributed by atoms with Gasteiger partial charge in [0.25, 0.3) is 0 Å². The van der Waals surface area contributed by atoms with Gasteiger partial charge in [-0.1, -0.05) is 6.92 Å². The Bertz CT molecular complexity index is 536. The maximum Gasteiger partial charge on any atom is 0.233 e. The first-order valence-electron chi connectivity index (χ1n) is 11.1. The van der Waals surface area contributed by atoms with Crippen LogP contribution in [0.25, 0.3) is 0 Å². The van der Waals surface area contributed by atoms with Crippen LogP contribution in [0.1, 0.15) is 71.6 Å². The minimum atomic E-state index is -0.153. The fraction of sp³-hybridized carbons (Fsp3) is 0.955. The van der Waals surface area contributed by atoms with Gasteiger partial charge in [-0.2, -0.15) is 0 Å². The lowest BCUT2D eigenvalue weighted by atomic mass is 9.49. The molecule has 4 heteroatoms. The minimum Gasteiger partial charge on any atom is -0.393 e. The van der Waals surface area contributed by atoms with E-state index in [1.807, 2.05) is 6.92 Å². The van der Waals surface area contributed by atoms with Crippen LogP contribution >= 0.6 is 0 Å². The fourth-order valence-corrected chi connectivity index (χ4v) is 8.10. The molecule has 4 nitrogen and oxygen atoms in total. The molecular formula is C22H38N2O2. The molecule has 0 saturated heterocycles. The van der Waals surface area contributed by atoms with Gasteiger partial charge in [-0.15, -0.1) is 0 Å². The predicted octanol–water partition coefficient (Wildman–Crippen LogP) is 3.08. The zero-order valence-electron chi connectivity index (χ0n) is 16.6. The van der Waals surface area contributed by atoms with Crippen LogP contribution in [0.3, 0.4) is 0 Å². The number of hydrogen-bond donors (Lipinski definition) is 3. The van der Waals surface area contributed by atoms with E-state index in [1.165, 1.54) is 44.9 Å². The number of carbonyl (C=O) groups is 1. The van der Waals surface area contributed by atoms with Crippen molar-refractivity contribution in [1.29, 1.82) is 0 Å². The normalized spacial score (nSPS) is 48.8. The van der Waals surface area contributed by atoms with Crippen molar-refractivity contribution in [3.8, 4) is 0 Å². The Kier molecular flexibility index (Phi) is 5.11. The van der Waals surface area contributed by atoms with Crippen LogP contribution in [0.15, 0.2) is 0 Å². The number of nitrogens with two attached hydrogens (primary N) is 1. The van der Waals surface area contributed by atoms with Gasteiger partial charge in [0.2, 0.25) is 5.91 Å². The van der Waals surface area contributed by atoms with Gasteiger partial charge in [-0.05, 0) is 106 Å². The van der Waals surface area contributed by atoms with E-state index in [9.17, 15) is 9.90 Å². The third-order valence-electron chi connectivity index (χ3n) is 9.16. The maximum atomic E-state index is 11.7. The maximum absolute atomic E-state index is 11.7. The van der Waals surface area contributed by atoms with E-state index in [4.69, 9.17) is 5.73 Å². The topological polar surface area (TPSA) is 75.3 Å². The first kappa shape index (κ1) is 18.7. The molecule has 0 radical (unpaired) electrons. The summed E-state index contributed by atoms with van der Waals surface area (Å²) in [5, 5.41) is 13.5. The van der Waals surface area contributed by atoms with Gasteiger partial charge >= 0.3 is 0 Å². The lowest BCUT2D eigenvalue weighted by Crippen LogP contribution is -2.51. The molecule has 4 N–H and O–H groups in total. The van der Waals surface area contributed by atoms with Gasteiger partial charge < -0.3 is 16.2 Å². The average molecular weight is 363 g/mol. The van der Waals surface area contributed by atoms with Gasteiger partial charge in [0, 0.05) is 6.04 Å². The summed E-state index contributed by atoms with van der Waals surface area (Å²) in [7, 11) is 0. The Labute approximate surface area is 158 Å². The molecule has 0 aromatic rings. The Morgan fingerprint density at radius 1 is 1.12 bits per heavy atom. The van der Waals surface area contributed by atoms with E-state index in [2.05, 4.69) is 12.2 Å². The van der Waals surface area contributed by atoms with Crippen molar-refractivity contribution in [2.24, 2.45) is 46.7 Å². The Balaban J connectivity index is 1.44. The monoisotopic (exact) mass is 362 g/mol. The van der Waals surface area contributed by atoms with E-state index in [-0.39, 0.29) is 18.6 Å². The van der Waals surface area contributed by atoms with Crippen LogP contribution in [-0.2, 0) is 4.79 Å². The van der Waals surface area contributed by atoms with Crippen molar-refractivity contribution in [1.82, 2.24) is 5.32 Å². The number of aliphatic hydroxyl groups excluding tert-OH is 1. The lowest BCUT2D eigenvalue weighted by molar-refractivity contribution is -0.121. The zero-order valence-corrected chi connectivity index (χ0v) is 16.6. The van der Waals surface area contributed by atoms with Crippen molar-refractivity contribution >= 4 is 5.91 Å². The molecule has 0 aromatic heterocycles. The Hall–Kier alpha value is -0.610. The number of amides is 1. The third-order valence-corrected chi connectivity index (χ3v) is 9.16. The molecule has 0 aliphatic heterocycles. The van der Waals surface area contributed by atoms with Crippen LogP contribution in [0, 0.1) is 40.9 Å². The number of rotatable bonds is 3. The molecule has 0 aromatic carbocycles. The van der Waals surface area contributed by atoms with E-state index in [1.54, 1.807) is 0 Å². The molecule has 0 heterocycles. The molecule has 3 unspecified atom stereocenters. The highest BCUT2D eigenvalue weighted by atomic mass is 16.3. The minimum absolute atomic E-state index is 0.00527. The molecule has 4 rings (SSSR count). The smallest absolute Gasteiger partial charge is 0.233 e. The van der Waals surface area contributed by atoms with Gasteiger partial charge in [-0.3, -0.25) is 4.79 Å². The van der Waals surface area contributed by atoms with E-state index >= 15 is 0 Å². The molecule has 148 valence electrons. The molecule has 9 atom stereocenters. The molecule has 4 aliphatic rings. The summed E-state index contributed by atoms with van der Waals surface area (Å²) in [6.07, 6.45) is 11.4. The highest BCUT2D eigenvalue weighted by Gasteiger charge is 2.57. The number of carbonyl (C=O) groups excluding carboxylic acids is 1. The molecular weight excluding hydrogens is 324 g/mol. The van der Waals surface area contributed by atoms with Gasteiger partial charge in [0.05, 0.1) is 12.6 Å². The van der Waals surface area contributed by atoms with Crippen molar-refractivity contribution in [2.75, 3.05) is 6.54 Å². The lowest BCUT2D eigenvalue weighted by Gasteiger charge is -2.56. The van der Waals surface area contributed by atoms with Crippen LogP contribution < -0.4 is 11.1 Å². The number of nitrogens with one attached hydrogen (secondary N) is 1. The molecule has 0 spiro atoms. The molecule has 4 aliphatic carbocycles. The van der Waals surface area contributed by atoms with Gasteiger partial charge in [-0.25, -0.2) is 0 Å². The van der Waals surface area contributed by atoms with Crippen molar-refractivity contribution in [2.45, 2.75) is 83.8 Å². The molecule has 4 fully saturated rings. The highest BCUT2D eigenvalue weighted by molar-refractivity contribution is 5.78. The summed E-state index contributed by atoms with van der Waals surface area (Å²) < 4.78 is 0. The summed E-state index contributed by atoms with van der Waals surface area (Å²) in [5.74, 6) is 4.79. The second-order valence-corrected chi connectivity index (χ2v) is 10.2. The average Bonchev–Trinajstić information content (AvgIpc) is 2.98. The second-order valence-electron chi connectivity index (χ2n) is 10.2. The number of aliphatic hydroxyl groups is 1. The van der Waals surface area contributed by atoms with Crippen molar-refractivity contribution in [3.63, 3.8) is 0 Å². The first-order valence-corrected chi connectivity index (χ1v) is 11.1. The van der Waals surface area contributed by atoms with Crippen molar-refractivity contribution in [3.05, 3.63) is 0 Å². The zero-order chi connectivity index (χ0) is 18.5. The number of fused-ring (bicyclic) bond motifs is 5. The van der Waals surface area contributed by atoms with E-state index < -0.39 is 0 Å². The standard InChI is InChI=1S/C22H38N2O2/c1-13(25)19-7-8-20-18-5-3-14-11-15(24-21(26)12-23)4-6-16(14)17(18)9-10-22(19,20)2/h13-20,25H,3-12,23H2,1-2H3,(H,24,26)/t13-,14-,15+,16-,17?,18?,19+,20?,22+/m0/s1. The first-order chi connectivity index (χ1) is 12.4. The van der Waals surface area contributed by atoms with Crippen molar-refractivity contribution < 1.29 is 9.90 Å². The Morgan fingerprint density at radius 3 is 2.62 bits per heavy atom. The summed E-state index contributed by atoms with van der Waals surface area (Å²) in [5.41, 5.74) is 5.84. The van der Waals surface area contributed by atoms with Crippen LogP contribution in [0.4, 0.5) is 0 Å². The van der Waals surface area contributed by atoms with Gasteiger partial charge in [0.1, 0.15) is 0 Å². The fourth-order valence-electron chi connectivity index (χ4n) is 8.10. The predicted molar refractivity (Wildman–Crippen MR) is 103 cm³/mol.